The van der Waals surface area contributed by atoms with E-state index in [2.05, 4.69) is 66.9 Å². The molecular weight excluding hydrogens is 673 g/mol. The number of alkyl halides is 1. The van der Waals surface area contributed by atoms with Gasteiger partial charge in [-0.1, -0.05) is 41.5 Å². The summed E-state index contributed by atoms with van der Waals surface area (Å²) in [5.74, 6) is 0.804. The zero-order valence-electron chi connectivity index (χ0n) is 33.1. The monoisotopic (exact) mass is 735 g/mol. The van der Waals surface area contributed by atoms with Gasteiger partial charge in [0.1, 0.15) is 11.8 Å². The van der Waals surface area contributed by atoms with Crippen LogP contribution in [0.3, 0.4) is 0 Å². The molecule has 0 bridgehead atoms. The Morgan fingerprint density at radius 2 is 1.87 bits per heavy atom. The lowest BCUT2D eigenvalue weighted by atomic mass is 9.85. The Balaban J connectivity index is 0.00000129. The smallest absolute Gasteiger partial charge is 0.255 e. The highest BCUT2D eigenvalue weighted by molar-refractivity contribution is 6.05. The molecule has 292 valence electrons. The first kappa shape index (κ1) is 40.6. The summed E-state index contributed by atoms with van der Waals surface area (Å²) in [4.78, 5) is 48.8. The molecule has 0 saturated carbocycles. The maximum Gasteiger partial charge on any atom is 0.255 e. The molecule has 5 heterocycles. The largest absolute Gasteiger partial charge is 0.493 e. The van der Waals surface area contributed by atoms with Gasteiger partial charge in [-0.15, -0.1) is 0 Å². The molecule has 2 aromatic rings. The number of imide groups is 1. The van der Waals surface area contributed by atoms with Gasteiger partial charge in [-0.25, -0.2) is 0 Å². The molecule has 1 N–H and O–H groups in total. The molecular formula is C42H62FN5O5. The SMILES string of the molecule is CCCF.CCCN(CC1COC2(CCN(c3ccc(C(C)C)nc3)CC2)C1)CC(C)(C)COc1cc2c(cc1C)CN(C1CCC(=O)NC1=O)C2=O. The molecule has 3 saturated heterocycles. The van der Waals surface area contributed by atoms with Gasteiger partial charge < -0.3 is 24.2 Å². The van der Waals surface area contributed by atoms with E-state index in [0.29, 0.717) is 49.1 Å². The van der Waals surface area contributed by atoms with Crippen molar-refractivity contribution in [2.75, 3.05) is 57.5 Å². The number of rotatable bonds is 13. The Kier molecular flexibility index (Phi) is 13.6. The number of ether oxygens (including phenoxy) is 2. The number of nitrogens with zero attached hydrogens (tertiary/aromatic N) is 4. The number of hydrogen-bond donors (Lipinski definition) is 1. The standard InChI is InChI=1S/C39H55N5O5.C3H7F/c1-7-14-42(21-28-19-39(49-23-28)12-15-43(16-13-39)30-8-9-32(26(2)3)40-20-30)24-38(5,6)25-48-34-18-31-29(17-27(34)4)22-44(37(31)47)33-10-11-35(45)41-36(33)46;1-2-3-4/h8-9,17-18,20,26,28,33H,7,10-16,19,21-25H2,1-6H3,(H,41,45,46);2-3H2,1H3. The van der Waals surface area contributed by atoms with Gasteiger partial charge >= 0.3 is 0 Å². The Hall–Kier alpha value is -3.57. The molecule has 4 aliphatic rings. The van der Waals surface area contributed by atoms with Crippen LogP contribution in [0.4, 0.5) is 10.1 Å². The van der Waals surface area contributed by atoms with Crippen LogP contribution < -0.4 is 15.0 Å². The number of hydrogen-bond acceptors (Lipinski definition) is 8. The van der Waals surface area contributed by atoms with Crippen molar-refractivity contribution in [1.29, 1.82) is 0 Å². The van der Waals surface area contributed by atoms with Crippen molar-refractivity contribution in [3.63, 3.8) is 0 Å². The molecule has 3 fully saturated rings. The van der Waals surface area contributed by atoms with Crippen LogP contribution in [0.25, 0.3) is 0 Å². The van der Waals surface area contributed by atoms with E-state index in [4.69, 9.17) is 9.47 Å². The fraction of sp³-hybridized carbons (Fsp3) is 0.667. The first-order valence-corrected chi connectivity index (χ1v) is 19.8. The summed E-state index contributed by atoms with van der Waals surface area (Å²) < 4.78 is 23.8. The summed E-state index contributed by atoms with van der Waals surface area (Å²) in [5.41, 5.74) is 4.67. The number of carbonyl (C=O) groups is 3. The van der Waals surface area contributed by atoms with Crippen molar-refractivity contribution in [1.82, 2.24) is 20.1 Å². The molecule has 1 aromatic carbocycles. The second-order valence-corrected chi connectivity index (χ2v) is 16.7. The molecule has 2 atom stereocenters. The number of piperidine rings is 2. The summed E-state index contributed by atoms with van der Waals surface area (Å²) in [5, 5.41) is 2.38. The summed E-state index contributed by atoms with van der Waals surface area (Å²) >= 11 is 0. The number of halogens is 1. The Bertz CT molecular complexity index is 1570. The molecule has 0 radical (unpaired) electrons. The van der Waals surface area contributed by atoms with Crippen LogP contribution in [0.5, 0.6) is 5.75 Å². The van der Waals surface area contributed by atoms with Gasteiger partial charge in [0.25, 0.3) is 5.91 Å². The van der Waals surface area contributed by atoms with E-state index in [0.717, 1.165) is 81.8 Å². The number of nitrogens with one attached hydrogen (secondary N) is 1. The normalized spacial score (nSPS) is 21.3. The average Bonchev–Trinajstić information content (AvgIpc) is 3.66. The van der Waals surface area contributed by atoms with Crippen molar-refractivity contribution in [3.05, 3.63) is 52.8 Å². The Labute approximate surface area is 316 Å². The first-order valence-electron chi connectivity index (χ1n) is 19.8. The fourth-order valence-electron chi connectivity index (χ4n) is 8.22. The van der Waals surface area contributed by atoms with Crippen LogP contribution in [0, 0.1) is 18.3 Å². The molecule has 11 heteroatoms. The number of fused-ring (bicyclic) bond motifs is 1. The van der Waals surface area contributed by atoms with E-state index in [1.807, 2.05) is 25.3 Å². The third-order valence-corrected chi connectivity index (χ3v) is 11.0. The Morgan fingerprint density at radius 1 is 1.13 bits per heavy atom. The summed E-state index contributed by atoms with van der Waals surface area (Å²) in [6.45, 7) is 21.4. The number of anilines is 1. The quantitative estimate of drug-likeness (QED) is 0.224. The maximum absolute atomic E-state index is 13.4. The summed E-state index contributed by atoms with van der Waals surface area (Å²) in [6.07, 6.45) is 7.58. The predicted molar refractivity (Wildman–Crippen MR) is 206 cm³/mol. The van der Waals surface area contributed by atoms with E-state index in [-0.39, 0.29) is 35.9 Å². The summed E-state index contributed by atoms with van der Waals surface area (Å²) in [7, 11) is 0. The highest BCUT2D eigenvalue weighted by Gasteiger charge is 2.44. The molecule has 4 aliphatic heterocycles. The number of amides is 3. The molecule has 0 aliphatic carbocycles. The van der Waals surface area contributed by atoms with E-state index < -0.39 is 11.9 Å². The predicted octanol–water partition coefficient (Wildman–Crippen LogP) is 6.83. The van der Waals surface area contributed by atoms with Gasteiger partial charge in [-0.2, -0.15) is 0 Å². The molecule has 2 unspecified atom stereocenters. The number of pyridine rings is 1. The molecule has 10 nitrogen and oxygen atoms in total. The van der Waals surface area contributed by atoms with Crippen LogP contribution >= 0.6 is 0 Å². The van der Waals surface area contributed by atoms with Crippen molar-refractivity contribution >= 4 is 23.4 Å². The van der Waals surface area contributed by atoms with Gasteiger partial charge in [0.15, 0.2) is 0 Å². The zero-order valence-corrected chi connectivity index (χ0v) is 33.1. The van der Waals surface area contributed by atoms with Crippen molar-refractivity contribution < 1.29 is 28.2 Å². The second kappa shape index (κ2) is 17.7. The van der Waals surface area contributed by atoms with E-state index in [1.54, 1.807) is 11.8 Å². The van der Waals surface area contributed by atoms with Gasteiger partial charge in [-0.05, 0) is 99.2 Å². The minimum absolute atomic E-state index is 0.0146. The summed E-state index contributed by atoms with van der Waals surface area (Å²) in [6, 6.07) is 7.61. The third kappa shape index (κ3) is 10.1. The lowest BCUT2D eigenvalue weighted by Gasteiger charge is -2.40. The van der Waals surface area contributed by atoms with Crippen LogP contribution in [0.1, 0.15) is 120 Å². The average molecular weight is 736 g/mol. The highest BCUT2D eigenvalue weighted by atomic mass is 19.1. The van der Waals surface area contributed by atoms with Crippen molar-refractivity contribution in [2.24, 2.45) is 11.3 Å². The molecule has 1 spiro atoms. The Morgan fingerprint density at radius 3 is 2.49 bits per heavy atom. The number of aromatic nitrogens is 1. The van der Waals surface area contributed by atoms with Gasteiger partial charge in [0, 0.05) is 55.8 Å². The van der Waals surface area contributed by atoms with Crippen molar-refractivity contribution in [2.45, 2.75) is 118 Å². The van der Waals surface area contributed by atoms with Crippen LogP contribution in [0.2, 0.25) is 0 Å². The maximum atomic E-state index is 13.4. The second-order valence-electron chi connectivity index (χ2n) is 16.7. The highest BCUT2D eigenvalue weighted by Crippen LogP contribution is 2.40. The number of carbonyl (C=O) groups excluding carboxylic acids is 3. The van der Waals surface area contributed by atoms with Crippen LogP contribution in [0.15, 0.2) is 30.5 Å². The minimum atomic E-state index is -0.621. The van der Waals surface area contributed by atoms with Gasteiger partial charge in [0.05, 0.1) is 37.4 Å². The number of benzene rings is 1. The topological polar surface area (TPSA) is 104 Å². The van der Waals surface area contributed by atoms with Crippen LogP contribution in [-0.4, -0.2) is 96.8 Å². The lowest BCUT2D eigenvalue weighted by Crippen LogP contribution is -2.52. The van der Waals surface area contributed by atoms with E-state index in [1.165, 1.54) is 5.69 Å². The van der Waals surface area contributed by atoms with Gasteiger partial charge in [0.2, 0.25) is 11.8 Å². The lowest BCUT2D eigenvalue weighted by molar-refractivity contribution is -0.136. The van der Waals surface area contributed by atoms with E-state index >= 15 is 0 Å². The van der Waals surface area contributed by atoms with Gasteiger partial charge in [-0.3, -0.25) is 29.1 Å². The number of aryl methyl sites for hydroxylation is 1. The van der Waals surface area contributed by atoms with E-state index in [9.17, 15) is 18.8 Å². The molecule has 6 rings (SSSR count). The minimum Gasteiger partial charge on any atom is -0.493 e. The fourth-order valence-corrected chi connectivity index (χ4v) is 8.22. The van der Waals surface area contributed by atoms with Crippen molar-refractivity contribution in [3.8, 4) is 5.75 Å². The molecule has 53 heavy (non-hydrogen) atoms. The third-order valence-electron chi connectivity index (χ3n) is 11.0. The molecule has 3 amide bonds. The first-order chi connectivity index (χ1) is 25.3. The molecule has 1 aromatic heterocycles. The zero-order chi connectivity index (χ0) is 38.3. The van der Waals surface area contributed by atoms with Crippen LogP contribution in [-0.2, 0) is 20.9 Å².